The van der Waals surface area contributed by atoms with E-state index in [0.717, 1.165) is 49.2 Å². The van der Waals surface area contributed by atoms with Crippen molar-refractivity contribution >= 4 is 5.91 Å². The van der Waals surface area contributed by atoms with E-state index in [0.29, 0.717) is 5.92 Å². The van der Waals surface area contributed by atoms with Gasteiger partial charge in [-0.2, -0.15) is 0 Å². The molecule has 0 radical (unpaired) electrons. The number of hydrogen-bond acceptors (Lipinski definition) is 2. The van der Waals surface area contributed by atoms with Gasteiger partial charge in [0.2, 0.25) is 0 Å². The summed E-state index contributed by atoms with van der Waals surface area (Å²) in [5.74, 6) is 0.640. The quantitative estimate of drug-likeness (QED) is 0.837. The summed E-state index contributed by atoms with van der Waals surface area (Å²) in [6, 6.07) is 6.06. The van der Waals surface area contributed by atoms with Crippen LogP contribution in [0.2, 0.25) is 0 Å². The average Bonchev–Trinajstić information content (AvgIpc) is 2.37. The summed E-state index contributed by atoms with van der Waals surface area (Å²) in [6.07, 6.45) is 2.23. The highest BCUT2D eigenvalue weighted by molar-refractivity contribution is 5.94. The Balaban J connectivity index is 2.10. The second kappa shape index (κ2) is 6.20. The van der Waals surface area contributed by atoms with E-state index in [4.69, 9.17) is 4.74 Å². The third kappa shape index (κ3) is 3.57. The lowest BCUT2D eigenvalue weighted by molar-refractivity contribution is 0.0571. The first kappa shape index (κ1) is 14.1. The fraction of sp³-hybridized carbons (Fsp3) is 0.562. The van der Waals surface area contributed by atoms with E-state index in [1.807, 2.05) is 30.9 Å². The number of carbonyl (C=O) groups excluding carboxylic acids is 1. The topological polar surface area (TPSA) is 29.5 Å². The normalized spacial score (nSPS) is 19.5. The van der Waals surface area contributed by atoms with E-state index >= 15 is 0 Å². The molecular weight excluding hydrogens is 238 g/mol. The predicted octanol–water partition coefficient (Wildman–Crippen LogP) is 2.80. The van der Waals surface area contributed by atoms with Crippen molar-refractivity contribution in [2.24, 2.45) is 5.92 Å². The maximum atomic E-state index is 12.5. The highest BCUT2D eigenvalue weighted by Crippen LogP contribution is 2.19. The van der Waals surface area contributed by atoms with E-state index in [2.05, 4.69) is 6.07 Å². The van der Waals surface area contributed by atoms with Gasteiger partial charge >= 0.3 is 0 Å². The van der Waals surface area contributed by atoms with Crippen LogP contribution in [0.3, 0.4) is 0 Å². The molecule has 1 aromatic carbocycles. The van der Waals surface area contributed by atoms with E-state index in [9.17, 15) is 4.79 Å². The maximum Gasteiger partial charge on any atom is 0.253 e. The molecule has 0 saturated carbocycles. The molecule has 1 amide bonds. The Kier molecular flexibility index (Phi) is 4.59. The number of rotatable bonds is 3. The minimum absolute atomic E-state index is 0.160. The van der Waals surface area contributed by atoms with Gasteiger partial charge in [0.15, 0.2) is 0 Å². The predicted molar refractivity (Wildman–Crippen MR) is 76.4 cm³/mol. The van der Waals surface area contributed by atoms with Gasteiger partial charge < -0.3 is 9.64 Å². The molecule has 2 rings (SSSR count). The molecule has 0 aliphatic carbocycles. The Labute approximate surface area is 115 Å². The first-order valence-electron chi connectivity index (χ1n) is 6.96. The summed E-state index contributed by atoms with van der Waals surface area (Å²) >= 11 is 0. The zero-order chi connectivity index (χ0) is 13.8. The number of benzene rings is 1. The van der Waals surface area contributed by atoms with Gasteiger partial charge in [-0.1, -0.05) is 17.2 Å². The Morgan fingerprint density at radius 1 is 1.32 bits per heavy atom. The minimum atomic E-state index is 0.160. The molecule has 1 aromatic rings. The Hall–Kier alpha value is -1.35. The van der Waals surface area contributed by atoms with Crippen LogP contribution in [0.1, 0.15) is 34.3 Å². The second-order valence-corrected chi connectivity index (χ2v) is 5.59. The largest absolute Gasteiger partial charge is 0.384 e. The first-order chi connectivity index (χ1) is 9.10. The Morgan fingerprint density at radius 3 is 2.63 bits per heavy atom. The van der Waals surface area contributed by atoms with Gasteiger partial charge in [0.1, 0.15) is 0 Å². The standard InChI is InChI=1S/C16H23NO2/c1-12-7-13(2)9-15(8-12)16(18)17-6-4-5-14(10-17)11-19-3/h7-9,14H,4-6,10-11H2,1-3H3. The minimum Gasteiger partial charge on any atom is -0.384 e. The van der Waals surface area contributed by atoms with Gasteiger partial charge in [-0.3, -0.25) is 4.79 Å². The van der Waals surface area contributed by atoms with Gasteiger partial charge in [-0.15, -0.1) is 0 Å². The second-order valence-electron chi connectivity index (χ2n) is 5.59. The molecule has 1 heterocycles. The number of nitrogens with zero attached hydrogens (tertiary/aromatic N) is 1. The van der Waals surface area contributed by atoms with Crippen LogP contribution in [0.5, 0.6) is 0 Å². The van der Waals surface area contributed by atoms with Crippen molar-refractivity contribution in [1.29, 1.82) is 0 Å². The van der Waals surface area contributed by atoms with Crippen LogP contribution < -0.4 is 0 Å². The van der Waals surface area contributed by atoms with Crippen LogP contribution in [0.25, 0.3) is 0 Å². The van der Waals surface area contributed by atoms with Crippen molar-refractivity contribution in [1.82, 2.24) is 4.90 Å². The molecule has 3 heteroatoms. The maximum absolute atomic E-state index is 12.5. The van der Waals surface area contributed by atoms with Gasteiger partial charge in [-0.25, -0.2) is 0 Å². The van der Waals surface area contributed by atoms with E-state index < -0.39 is 0 Å². The molecule has 3 nitrogen and oxygen atoms in total. The summed E-state index contributed by atoms with van der Waals surface area (Å²) in [4.78, 5) is 14.5. The number of piperidine rings is 1. The number of hydrogen-bond donors (Lipinski definition) is 0. The Bertz CT molecular complexity index is 434. The molecule has 0 N–H and O–H groups in total. The average molecular weight is 261 g/mol. The summed E-state index contributed by atoms with van der Waals surface area (Å²) in [7, 11) is 1.73. The number of likely N-dealkylation sites (tertiary alicyclic amines) is 1. The van der Waals surface area contributed by atoms with Crippen LogP contribution in [0, 0.1) is 19.8 Å². The van der Waals surface area contributed by atoms with Crippen molar-refractivity contribution in [2.45, 2.75) is 26.7 Å². The van der Waals surface area contributed by atoms with E-state index in [1.165, 1.54) is 0 Å². The van der Waals surface area contributed by atoms with Gasteiger partial charge in [0.05, 0.1) is 6.61 Å². The molecule has 19 heavy (non-hydrogen) atoms. The fourth-order valence-electron chi connectivity index (χ4n) is 2.90. The van der Waals surface area contributed by atoms with Crippen LogP contribution in [0.15, 0.2) is 18.2 Å². The van der Waals surface area contributed by atoms with Gasteiger partial charge in [-0.05, 0) is 44.7 Å². The molecule has 1 aliphatic heterocycles. The lowest BCUT2D eigenvalue weighted by Crippen LogP contribution is -2.41. The lowest BCUT2D eigenvalue weighted by atomic mass is 9.97. The summed E-state index contributed by atoms with van der Waals surface area (Å²) in [6.45, 7) is 6.50. The third-order valence-corrected chi connectivity index (χ3v) is 3.68. The van der Waals surface area contributed by atoms with Crippen LogP contribution in [-0.4, -0.2) is 37.6 Å². The van der Waals surface area contributed by atoms with Crippen molar-refractivity contribution in [3.8, 4) is 0 Å². The van der Waals surface area contributed by atoms with Crippen molar-refractivity contribution in [3.63, 3.8) is 0 Å². The number of ether oxygens (including phenoxy) is 1. The van der Waals surface area contributed by atoms with Crippen molar-refractivity contribution in [2.75, 3.05) is 26.8 Å². The molecule has 1 atom stereocenters. The first-order valence-corrected chi connectivity index (χ1v) is 6.96. The van der Waals surface area contributed by atoms with Crippen LogP contribution >= 0.6 is 0 Å². The number of carbonyl (C=O) groups is 1. The lowest BCUT2D eigenvalue weighted by Gasteiger charge is -2.32. The molecule has 1 fully saturated rings. The Morgan fingerprint density at radius 2 is 2.00 bits per heavy atom. The smallest absolute Gasteiger partial charge is 0.253 e. The van der Waals surface area contributed by atoms with Crippen LogP contribution in [0.4, 0.5) is 0 Å². The fourth-order valence-corrected chi connectivity index (χ4v) is 2.90. The highest BCUT2D eigenvalue weighted by Gasteiger charge is 2.24. The molecule has 1 aliphatic rings. The van der Waals surface area contributed by atoms with Gasteiger partial charge in [0, 0.05) is 25.8 Å². The summed E-state index contributed by atoms with van der Waals surface area (Å²) < 4.78 is 5.22. The van der Waals surface area contributed by atoms with E-state index in [1.54, 1.807) is 7.11 Å². The number of methoxy groups -OCH3 is 1. The third-order valence-electron chi connectivity index (χ3n) is 3.68. The summed E-state index contributed by atoms with van der Waals surface area (Å²) in [5, 5.41) is 0. The molecule has 1 saturated heterocycles. The highest BCUT2D eigenvalue weighted by atomic mass is 16.5. The molecule has 104 valence electrons. The van der Waals surface area contributed by atoms with E-state index in [-0.39, 0.29) is 5.91 Å². The number of amides is 1. The van der Waals surface area contributed by atoms with Crippen molar-refractivity contribution in [3.05, 3.63) is 34.9 Å². The SMILES string of the molecule is COCC1CCCN(C(=O)c2cc(C)cc(C)c2)C1. The molecule has 0 aromatic heterocycles. The zero-order valence-corrected chi connectivity index (χ0v) is 12.1. The molecular formula is C16H23NO2. The summed E-state index contributed by atoms with van der Waals surface area (Å²) in [5.41, 5.74) is 3.11. The van der Waals surface area contributed by atoms with Gasteiger partial charge in [0.25, 0.3) is 5.91 Å². The zero-order valence-electron chi connectivity index (χ0n) is 12.1. The van der Waals surface area contributed by atoms with Crippen molar-refractivity contribution < 1.29 is 9.53 Å². The van der Waals surface area contributed by atoms with Crippen LogP contribution in [-0.2, 0) is 4.74 Å². The monoisotopic (exact) mass is 261 g/mol. The number of aryl methyl sites for hydroxylation is 2. The molecule has 1 unspecified atom stereocenters. The molecule has 0 bridgehead atoms. The molecule has 0 spiro atoms.